The molecule has 0 aliphatic heterocycles. The zero-order valence-corrected chi connectivity index (χ0v) is 13.1. The summed E-state index contributed by atoms with van der Waals surface area (Å²) in [5, 5.41) is 13.8. The number of carbonyl (C=O) groups excluding carboxylic acids is 1. The van der Waals surface area contributed by atoms with E-state index in [9.17, 15) is 4.79 Å². The summed E-state index contributed by atoms with van der Waals surface area (Å²) in [6.45, 7) is 3.85. The van der Waals surface area contributed by atoms with Gasteiger partial charge in [0.2, 0.25) is 0 Å². The van der Waals surface area contributed by atoms with Crippen molar-refractivity contribution in [3.63, 3.8) is 0 Å². The fourth-order valence-electron chi connectivity index (χ4n) is 2.21. The molecule has 116 valence electrons. The summed E-state index contributed by atoms with van der Waals surface area (Å²) < 4.78 is 5.61. The number of H-pyrrole nitrogens is 1. The Bertz CT molecular complexity index is 695. The van der Waals surface area contributed by atoms with Gasteiger partial charge < -0.3 is 10.1 Å². The maximum atomic E-state index is 12.4. The monoisotopic (exact) mass is 320 g/mol. The van der Waals surface area contributed by atoms with Crippen molar-refractivity contribution in [2.45, 2.75) is 38.7 Å². The van der Waals surface area contributed by atoms with E-state index in [1.807, 2.05) is 13.8 Å². The molecule has 7 heteroatoms. The maximum absolute atomic E-state index is 12.4. The Morgan fingerprint density at radius 3 is 2.82 bits per heavy atom. The molecular weight excluding hydrogens is 304 g/mol. The van der Waals surface area contributed by atoms with Crippen LogP contribution in [0.25, 0.3) is 0 Å². The van der Waals surface area contributed by atoms with Crippen molar-refractivity contribution in [2.75, 3.05) is 5.32 Å². The number of aromatic amines is 1. The van der Waals surface area contributed by atoms with Crippen LogP contribution in [0.15, 0.2) is 18.2 Å². The summed E-state index contributed by atoms with van der Waals surface area (Å²) >= 11 is 6.07. The second-order valence-corrected chi connectivity index (χ2v) is 6.06. The zero-order chi connectivity index (χ0) is 15.7. The lowest BCUT2D eigenvalue weighted by molar-refractivity contribution is 0.102. The van der Waals surface area contributed by atoms with Gasteiger partial charge in [-0.05, 0) is 38.8 Å². The molecule has 0 spiro atoms. The normalized spacial score (nSPS) is 14.2. The highest BCUT2D eigenvalue weighted by Gasteiger charge is 2.31. The highest BCUT2D eigenvalue weighted by atomic mass is 35.5. The van der Waals surface area contributed by atoms with Crippen LogP contribution in [0.4, 0.5) is 5.69 Å². The number of halogens is 1. The number of nitrogens with zero attached hydrogens (tertiary/aromatic N) is 2. The summed E-state index contributed by atoms with van der Waals surface area (Å²) in [4.78, 5) is 12.4. The van der Waals surface area contributed by atoms with Gasteiger partial charge in [0.05, 0.1) is 11.8 Å². The Kier molecular flexibility index (Phi) is 4.02. The van der Waals surface area contributed by atoms with Crippen LogP contribution >= 0.6 is 11.6 Å². The number of hydrogen-bond donors (Lipinski definition) is 2. The quantitative estimate of drug-likeness (QED) is 0.885. The molecule has 1 fully saturated rings. The average Bonchev–Trinajstić information content (AvgIpc) is 3.14. The largest absolute Gasteiger partial charge is 0.491 e. The van der Waals surface area contributed by atoms with Gasteiger partial charge in [-0.3, -0.25) is 4.79 Å². The molecule has 0 bridgehead atoms. The summed E-state index contributed by atoms with van der Waals surface area (Å²) in [5.74, 6) is 0.660. The van der Waals surface area contributed by atoms with Crippen LogP contribution in [0.3, 0.4) is 0 Å². The second-order valence-electron chi connectivity index (χ2n) is 5.63. The Hall–Kier alpha value is -2.08. The molecule has 1 aliphatic carbocycles. The van der Waals surface area contributed by atoms with Gasteiger partial charge in [-0.25, -0.2) is 0 Å². The van der Waals surface area contributed by atoms with Crippen molar-refractivity contribution >= 4 is 23.2 Å². The predicted octanol–water partition coefficient (Wildman–Crippen LogP) is 3.38. The van der Waals surface area contributed by atoms with Crippen LogP contribution in [0.5, 0.6) is 5.75 Å². The van der Waals surface area contributed by atoms with Gasteiger partial charge in [0, 0.05) is 22.7 Å². The number of nitrogens with one attached hydrogen (secondary N) is 2. The van der Waals surface area contributed by atoms with Gasteiger partial charge in [0.1, 0.15) is 5.75 Å². The lowest BCUT2D eigenvalue weighted by Crippen LogP contribution is -2.15. The van der Waals surface area contributed by atoms with Crippen LogP contribution in [0.2, 0.25) is 5.02 Å². The van der Waals surface area contributed by atoms with Crippen LogP contribution in [-0.2, 0) is 0 Å². The summed E-state index contributed by atoms with van der Waals surface area (Å²) in [6, 6.07) is 5.12. The molecule has 1 amide bonds. The molecule has 1 aliphatic rings. The molecular formula is C15H17ClN4O2. The number of amides is 1. The first kappa shape index (κ1) is 14.8. The molecule has 1 heterocycles. The molecule has 0 saturated heterocycles. The van der Waals surface area contributed by atoms with Crippen molar-refractivity contribution in [1.82, 2.24) is 15.4 Å². The highest BCUT2D eigenvalue weighted by Crippen LogP contribution is 2.40. The van der Waals surface area contributed by atoms with Gasteiger partial charge >= 0.3 is 0 Å². The van der Waals surface area contributed by atoms with E-state index in [1.54, 1.807) is 18.2 Å². The van der Waals surface area contributed by atoms with E-state index in [0.29, 0.717) is 28.1 Å². The number of carbonyl (C=O) groups is 1. The molecule has 2 aromatic rings. The van der Waals surface area contributed by atoms with E-state index in [-0.39, 0.29) is 12.0 Å². The molecule has 2 N–H and O–H groups in total. The van der Waals surface area contributed by atoms with Crippen molar-refractivity contribution in [1.29, 1.82) is 0 Å². The molecule has 0 unspecified atom stereocenters. The molecule has 0 radical (unpaired) electrons. The van der Waals surface area contributed by atoms with Crippen molar-refractivity contribution < 1.29 is 9.53 Å². The predicted molar refractivity (Wildman–Crippen MR) is 83.5 cm³/mol. The first-order valence-electron chi connectivity index (χ1n) is 7.22. The van der Waals surface area contributed by atoms with E-state index < -0.39 is 0 Å². The number of anilines is 1. The average molecular weight is 321 g/mol. The lowest BCUT2D eigenvalue weighted by Gasteiger charge is -2.12. The van der Waals surface area contributed by atoms with Gasteiger partial charge in [-0.15, -0.1) is 0 Å². The molecule has 1 aromatic heterocycles. The van der Waals surface area contributed by atoms with E-state index in [0.717, 1.165) is 18.5 Å². The van der Waals surface area contributed by atoms with E-state index in [4.69, 9.17) is 16.3 Å². The van der Waals surface area contributed by atoms with Crippen molar-refractivity contribution in [3.05, 3.63) is 34.6 Å². The molecule has 6 nitrogen and oxygen atoms in total. The molecule has 3 rings (SSSR count). The number of benzene rings is 1. The van der Waals surface area contributed by atoms with E-state index in [2.05, 4.69) is 20.7 Å². The third-order valence-electron chi connectivity index (χ3n) is 3.25. The SMILES string of the molecule is CC(C)Oc1cc(Cl)cc(NC(=O)c2n[nH]nc2C2CC2)c1. The summed E-state index contributed by atoms with van der Waals surface area (Å²) in [6.07, 6.45) is 2.13. The van der Waals surface area contributed by atoms with Crippen molar-refractivity contribution in [3.8, 4) is 5.75 Å². The fraction of sp³-hybridized carbons (Fsp3) is 0.400. The molecule has 1 saturated carbocycles. The Morgan fingerprint density at radius 2 is 2.14 bits per heavy atom. The van der Waals surface area contributed by atoms with Gasteiger partial charge in [-0.1, -0.05) is 11.6 Å². The van der Waals surface area contributed by atoms with Gasteiger partial charge in [-0.2, -0.15) is 15.4 Å². The number of aromatic nitrogens is 3. The minimum atomic E-state index is -0.298. The summed E-state index contributed by atoms with van der Waals surface area (Å²) in [5.41, 5.74) is 1.64. The van der Waals surface area contributed by atoms with E-state index in [1.165, 1.54) is 0 Å². The van der Waals surface area contributed by atoms with Crippen LogP contribution in [0.1, 0.15) is 48.8 Å². The Balaban J connectivity index is 1.78. The minimum absolute atomic E-state index is 0.0269. The Labute approximate surface area is 133 Å². The smallest absolute Gasteiger partial charge is 0.278 e. The van der Waals surface area contributed by atoms with Gasteiger partial charge in [0.15, 0.2) is 5.69 Å². The topological polar surface area (TPSA) is 79.9 Å². The standard InChI is InChI=1S/C15H17ClN4O2/c1-8(2)22-12-6-10(16)5-11(7-12)17-15(21)14-13(9-3-4-9)18-20-19-14/h5-9H,3-4H2,1-2H3,(H,17,21)(H,18,19,20). The van der Waals surface area contributed by atoms with E-state index >= 15 is 0 Å². The Morgan fingerprint density at radius 1 is 1.36 bits per heavy atom. The number of rotatable bonds is 5. The van der Waals surface area contributed by atoms with Gasteiger partial charge in [0.25, 0.3) is 5.91 Å². The summed E-state index contributed by atoms with van der Waals surface area (Å²) in [7, 11) is 0. The second kappa shape index (κ2) is 5.96. The third-order valence-corrected chi connectivity index (χ3v) is 3.47. The van der Waals surface area contributed by atoms with Crippen LogP contribution in [0, 0.1) is 0 Å². The first-order valence-corrected chi connectivity index (χ1v) is 7.60. The number of hydrogen-bond acceptors (Lipinski definition) is 4. The zero-order valence-electron chi connectivity index (χ0n) is 12.4. The number of ether oxygens (including phenoxy) is 1. The van der Waals surface area contributed by atoms with Crippen LogP contribution in [-0.4, -0.2) is 27.4 Å². The minimum Gasteiger partial charge on any atom is -0.491 e. The van der Waals surface area contributed by atoms with Crippen molar-refractivity contribution in [2.24, 2.45) is 0 Å². The first-order chi connectivity index (χ1) is 10.5. The lowest BCUT2D eigenvalue weighted by atomic mass is 10.2. The molecule has 0 atom stereocenters. The third kappa shape index (κ3) is 3.39. The molecule has 22 heavy (non-hydrogen) atoms. The highest BCUT2D eigenvalue weighted by molar-refractivity contribution is 6.31. The maximum Gasteiger partial charge on any atom is 0.278 e. The fourth-order valence-corrected chi connectivity index (χ4v) is 2.44. The molecule has 1 aromatic carbocycles. The van der Waals surface area contributed by atoms with Crippen LogP contribution < -0.4 is 10.1 Å².